The fraction of sp³-hybridized carbons (Fsp3) is 0.400. The lowest BCUT2D eigenvalue weighted by atomic mass is 9.98. The number of nitrogens with zero attached hydrogens (tertiary/aromatic N) is 5. The van der Waals surface area contributed by atoms with E-state index in [9.17, 15) is 5.11 Å². The second-order valence-corrected chi connectivity index (χ2v) is 7.29. The van der Waals surface area contributed by atoms with Crippen molar-refractivity contribution in [3.05, 3.63) is 41.2 Å². The molecule has 0 radical (unpaired) electrons. The summed E-state index contributed by atoms with van der Waals surface area (Å²) in [5.41, 5.74) is 4.73. The van der Waals surface area contributed by atoms with Crippen molar-refractivity contribution < 1.29 is 5.11 Å². The highest BCUT2D eigenvalue weighted by Gasteiger charge is 2.22. The molecule has 0 saturated carbocycles. The van der Waals surface area contributed by atoms with Gasteiger partial charge in [-0.15, -0.1) is 10.2 Å². The second kappa shape index (κ2) is 6.61. The summed E-state index contributed by atoms with van der Waals surface area (Å²) >= 11 is 0. The fourth-order valence-corrected chi connectivity index (χ4v) is 3.81. The van der Waals surface area contributed by atoms with Gasteiger partial charge in [0.05, 0.1) is 5.69 Å². The number of hydrogen-bond donors (Lipinski definition) is 1. The third-order valence-corrected chi connectivity index (χ3v) is 5.04. The summed E-state index contributed by atoms with van der Waals surface area (Å²) in [6.07, 6.45) is 2.22. The number of piperidine rings is 1. The minimum absolute atomic E-state index is 0.241. The van der Waals surface area contributed by atoms with E-state index in [0.29, 0.717) is 22.8 Å². The van der Waals surface area contributed by atoms with Gasteiger partial charge in [0.15, 0.2) is 11.5 Å². The molecule has 0 aliphatic carbocycles. The molecule has 1 saturated heterocycles. The smallest absolute Gasteiger partial charge is 0.182 e. The SMILES string of the molecule is Cc1cc(C)c(-c2ccc3nnc(C4CCCN(C)C4)nc3n2)c(O)c1. The molecule has 1 fully saturated rings. The molecule has 0 bridgehead atoms. The largest absolute Gasteiger partial charge is 0.507 e. The van der Waals surface area contributed by atoms with Crippen molar-refractivity contribution in [1.82, 2.24) is 25.1 Å². The molecule has 3 aromatic rings. The number of benzene rings is 1. The molecule has 1 aromatic carbocycles. The number of hydrogen-bond acceptors (Lipinski definition) is 6. The summed E-state index contributed by atoms with van der Waals surface area (Å²) in [4.78, 5) is 11.7. The van der Waals surface area contributed by atoms with Gasteiger partial charge in [0.2, 0.25) is 0 Å². The first kappa shape index (κ1) is 16.8. The Balaban J connectivity index is 1.77. The van der Waals surface area contributed by atoms with Crippen LogP contribution in [0.5, 0.6) is 5.75 Å². The van der Waals surface area contributed by atoms with Gasteiger partial charge in [0.25, 0.3) is 0 Å². The van der Waals surface area contributed by atoms with E-state index in [1.54, 1.807) is 6.07 Å². The second-order valence-electron chi connectivity index (χ2n) is 7.29. The van der Waals surface area contributed by atoms with E-state index in [1.165, 1.54) is 0 Å². The topological polar surface area (TPSA) is 75.0 Å². The summed E-state index contributed by atoms with van der Waals surface area (Å²) < 4.78 is 0. The van der Waals surface area contributed by atoms with Gasteiger partial charge in [-0.1, -0.05) is 6.07 Å². The number of phenolic OH excluding ortho intramolecular Hbond substituents is 1. The van der Waals surface area contributed by atoms with Crippen LogP contribution in [0.3, 0.4) is 0 Å². The van der Waals surface area contributed by atoms with Crippen molar-refractivity contribution in [2.24, 2.45) is 0 Å². The lowest BCUT2D eigenvalue weighted by Crippen LogP contribution is -2.31. The zero-order valence-electron chi connectivity index (χ0n) is 15.4. The molecule has 1 N–H and O–H groups in total. The fourth-order valence-electron chi connectivity index (χ4n) is 3.81. The van der Waals surface area contributed by atoms with E-state index >= 15 is 0 Å². The van der Waals surface area contributed by atoms with Crippen LogP contribution in [0, 0.1) is 13.8 Å². The highest BCUT2D eigenvalue weighted by Crippen LogP contribution is 2.33. The van der Waals surface area contributed by atoms with Crippen LogP contribution >= 0.6 is 0 Å². The molecule has 26 heavy (non-hydrogen) atoms. The first-order valence-corrected chi connectivity index (χ1v) is 9.02. The minimum Gasteiger partial charge on any atom is -0.507 e. The van der Waals surface area contributed by atoms with Crippen LogP contribution in [0.1, 0.15) is 35.7 Å². The van der Waals surface area contributed by atoms with E-state index in [0.717, 1.165) is 48.4 Å². The van der Waals surface area contributed by atoms with Gasteiger partial charge in [-0.05, 0) is 69.6 Å². The van der Waals surface area contributed by atoms with Crippen LogP contribution in [0.2, 0.25) is 0 Å². The molecular weight excluding hydrogens is 326 g/mol. The van der Waals surface area contributed by atoms with Crippen molar-refractivity contribution in [3.63, 3.8) is 0 Å². The van der Waals surface area contributed by atoms with E-state index in [4.69, 9.17) is 4.98 Å². The van der Waals surface area contributed by atoms with E-state index in [1.807, 2.05) is 32.0 Å². The Morgan fingerprint density at radius 3 is 2.73 bits per heavy atom. The average Bonchev–Trinajstić information content (AvgIpc) is 2.60. The predicted octanol–water partition coefficient (Wildman–Crippen LogP) is 3.22. The quantitative estimate of drug-likeness (QED) is 0.766. The molecular formula is C20H23N5O. The van der Waals surface area contributed by atoms with Gasteiger partial charge in [0, 0.05) is 18.0 Å². The lowest BCUT2D eigenvalue weighted by molar-refractivity contribution is 0.245. The molecule has 1 aliphatic heterocycles. The van der Waals surface area contributed by atoms with Crippen molar-refractivity contribution in [2.45, 2.75) is 32.6 Å². The summed E-state index contributed by atoms with van der Waals surface area (Å²) in [6, 6.07) is 7.54. The zero-order chi connectivity index (χ0) is 18.3. The van der Waals surface area contributed by atoms with Gasteiger partial charge >= 0.3 is 0 Å². The average molecular weight is 349 g/mol. The van der Waals surface area contributed by atoms with Crippen molar-refractivity contribution in [1.29, 1.82) is 0 Å². The summed E-state index contributed by atoms with van der Waals surface area (Å²) in [6.45, 7) is 6.01. The van der Waals surface area contributed by atoms with Crippen molar-refractivity contribution >= 4 is 11.2 Å². The molecule has 6 heteroatoms. The third kappa shape index (κ3) is 3.12. The number of rotatable bonds is 2. The Bertz CT molecular complexity index is 949. The molecule has 0 amide bonds. The maximum atomic E-state index is 10.4. The normalized spacial score (nSPS) is 18.3. The van der Waals surface area contributed by atoms with Gasteiger partial charge in [0.1, 0.15) is 11.3 Å². The van der Waals surface area contributed by atoms with Crippen LogP contribution < -0.4 is 0 Å². The zero-order valence-corrected chi connectivity index (χ0v) is 15.4. The number of fused-ring (bicyclic) bond motifs is 1. The Kier molecular flexibility index (Phi) is 4.28. The van der Waals surface area contributed by atoms with Crippen LogP contribution in [0.4, 0.5) is 0 Å². The first-order chi connectivity index (χ1) is 12.5. The van der Waals surface area contributed by atoms with Crippen molar-refractivity contribution in [3.8, 4) is 17.0 Å². The molecule has 1 aliphatic rings. The number of aromatic hydroxyl groups is 1. The number of likely N-dealkylation sites (tertiary alicyclic amines) is 1. The summed E-state index contributed by atoms with van der Waals surface area (Å²) in [5.74, 6) is 1.30. The first-order valence-electron chi connectivity index (χ1n) is 9.02. The van der Waals surface area contributed by atoms with Gasteiger partial charge in [-0.25, -0.2) is 9.97 Å². The Hall–Kier alpha value is -2.60. The molecule has 4 rings (SSSR count). The Labute approximate surface area is 152 Å². The van der Waals surface area contributed by atoms with E-state index in [-0.39, 0.29) is 5.75 Å². The maximum Gasteiger partial charge on any atom is 0.182 e. The highest BCUT2D eigenvalue weighted by atomic mass is 16.3. The van der Waals surface area contributed by atoms with E-state index < -0.39 is 0 Å². The van der Waals surface area contributed by atoms with Crippen LogP contribution in [0.15, 0.2) is 24.3 Å². The molecule has 2 aromatic heterocycles. The molecule has 3 heterocycles. The molecule has 1 unspecified atom stereocenters. The number of phenols is 1. The molecule has 134 valence electrons. The number of aryl methyl sites for hydroxylation is 2. The third-order valence-electron chi connectivity index (χ3n) is 5.04. The molecule has 6 nitrogen and oxygen atoms in total. The molecule has 1 atom stereocenters. The van der Waals surface area contributed by atoms with Crippen molar-refractivity contribution in [2.75, 3.05) is 20.1 Å². The Morgan fingerprint density at radius 2 is 1.96 bits per heavy atom. The minimum atomic E-state index is 0.241. The van der Waals surface area contributed by atoms with Gasteiger partial charge in [-0.2, -0.15) is 0 Å². The predicted molar refractivity (Wildman–Crippen MR) is 101 cm³/mol. The standard InChI is InChI=1S/C20H23N5O/c1-12-9-13(2)18(17(26)10-12)15-6-7-16-20(21-15)22-19(24-23-16)14-5-4-8-25(3)11-14/h6-7,9-10,14,26H,4-5,8,11H2,1-3H3. The Morgan fingerprint density at radius 1 is 1.12 bits per heavy atom. The van der Waals surface area contributed by atoms with Gasteiger partial charge in [-0.3, -0.25) is 0 Å². The van der Waals surface area contributed by atoms with E-state index in [2.05, 4.69) is 27.1 Å². The summed E-state index contributed by atoms with van der Waals surface area (Å²) in [5, 5.41) is 19.0. The number of pyridine rings is 1. The molecule has 0 spiro atoms. The lowest BCUT2D eigenvalue weighted by Gasteiger charge is -2.28. The van der Waals surface area contributed by atoms with Crippen LogP contribution in [-0.2, 0) is 0 Å². The maximum absolute atomic E-state index is 10.4. The highest BCUT2D eigenvalue weighted by molar-refractivity contribution is 5.78. The number of aromatic nitrogens is 4. The monoisotopic (exact) mass is 349 g/mol. The van der Waals surface area contributed by atoms with Crippen LogP contribution in [-0.4, -0.2) is 50.3 Å². The van der Waals surface area contributed by atoms with Gasteiger partial charge < -0.3 is 10.0 Å². The van der Waals surface area contributed by atoms with Crippen LogP contribution in [0.25, 0.3) is 22.4 Å². The summed E-state index contributed by atoms with van der Waals surface area (Å²) in [7, 11) is 2.12. The number of likely N-dealkylation sites (N-methyl/N-ethyl adjacent to an activating group) is 1.